The number of aryl methyl sites for hydroxylation is 2. The van der Waals surface area contributed by atoms with Gasteiger partial charge < -0.3 is 23.2 Å². The fourth-order valence-electron chi connectivity index (χ4n) is 3.94. The maximum atomic E-state index is 12.5. The molecular weight excluding hydrogens is 518 g/mol. The van der Waals surface area contributed by atoms with Crippen molar-refractivity contribution in [3.8, 4) is 22.9 Å². The van der Waals surface area contributed by atoms with Gasteiger partial charge in [0, 0.05) is 17.1 Å². The van der Waals surface area contributed by atoms with Crippen LogP contribution in [0.2, 0.25) is 5.02 Å². The molecule has 1 amide bonds. The van der Waals surface area contributed by atoms with Gasteiger partial charge in [-0.05, 0) is 101 Å². The van der Waals surface area contributed by atoms with Gasteiger partial charge in [0.2, 0.25) is 0 Å². The van der Waals surface area contributed by atoms with Crippen molar-refractivity contribution in [2.45, 2.75) is 46.8 Å². The number of hydrogen-bond acceptors (Lipinski definition) is 6. The van der Waals surface area contributed by atoms with E-state index in [2.05, 4.69) is 41.1 Å². The number of rotatable bonds is 9. The minimum absolute atomic E-state index is 0.115. The first-order valence-electron chi connectivity index (χ1n) is 12.4. The molecule has 0 aliphatic carbocycles. The smallest absolute Gasteiger partial charge is 0.307 e. The number of carbonyl (C=O) groups is 1. The number of ether oxygens (including phenoxy) is 3. The molecule has 0 saturated heterocycles. The minimum Gasteiger partial charge on any atom is -0.493 e. The quantitative estimate of drug-likeness (QED) is 0.182. The fraction of sp³-hybridized carbons (Fsp3) is 0.267. The molecule has 0 fully saturated rings. The van der Waals surface area contributed by atoms with Crippen molar-refractivity contribution in [1.82, 2.24) is 9.99 Å². The van der Waals surface area contributed by atoms with Crippen molar-refractivity contribution >= 4 is 23.7 Å². The number of carbonyl (C=O) groups excluding carboxylic acids is 1. The van der Waals surface area contributed by atoms with Crippen LogP contribution in [0.3, 0.4) is 0 Å². The van der Waals surface area contributed by atoms with Crippen LogP contribution in [0.4, 0.5) is 0 Å². The lowest BCUT2D eigenvalue weighted by atomic mass is 10.1. The number of benzene rings is 2. The van der Waals surface area contributed by atoms with Gasteiger partial charge in [-0.3, -0.25) is 4.79 Å². The van der Waals surface area contributed by atoms with Crippen LogP contribution in [-0.2, 0) is 6.61 Å². The topological polar surface area (TPSA) is 87.2 Å². The molecule has 2 heterocycles. The second-order valence-electron chi connectivity index (χ2n) is 9.95. The van der Waals surface area contributed by atoms with Crippen molar-refractivity contribution in [1.29, 1.82) is 0 Å². The molecule has 4 rings (SSSR count). The van der Waals surface area contributed by atoms with Crippen LogP contribution in [0.1, 0.15) is 54.0 Å². The summed E-state index contributed by atoms with van der Waals surface area (Å²) in [5, 5.41) is 4.38. The largest absolute Gasteiger partial charge is 0.493 e. The summed E-state index contributed by atoms with van der Waals surface area (Å²) in [6.07, 6.45) is 1.46. The third kappa shape index (κ3) is 7.03. The molecule has 0 spiro atoms. The number of hydrogen-bond donors (Lipinski definition) is 1. The van der Waals surface area contributed by atoms with Gasteiger partial charge in [0.15, 0.2) is 17.3 Å². The van der Waals surface area contributed by atoms with E-state index in [0.29, 0.717) is 33.6 Å². The molecule has 2 aromatic heterocycles. The number of hydrazone groups is 1. The molecule has 204 valence electrons. The van der Waals surface area contributed by atoms with E-state index in [-0.39, 0.29) is 12.4 Å². The zero-order valence-electron chi connectivity index (χ0n) is 22.9. The molecule has 8 nitrogen and oxygen atoms in total. The molecule has 0 bridgehead atoms. The number of nitrogens with zero attached hydrogens (tertiary/aromatic N) is 2. The molecule has 0 aliphatic heterocycles. The van der Waals surface area contributed by atoms with E-state index >= 15 is 0 Å². The first kappa shape index (κ1) is 27.9. The highest BCUT2D eigenvalue weighted by Crippen LogP contribution is 2.38. The first-order valence-corrected chi connectivity index (χ1v) is 12.8. The lowest BCUT2D eigenvalue weighted by molar-refractivity contribution is 0.0923. The summed E-state index contributed by atoms with van der Waals surface area (Å²) in [5.74, 6) is 1.73. The number of furan rings is 1. The molecule has 9 heteroatoms. The monoisotopic (exact) mass is 549 g/mol. The average Bonchev–Trinajstić information content (AvgIpc) is 3.50. The Kier molecular flexibility index (Phi) is 8.35. The zero-order chi connectivity index (χ0) is 28.2. The normalized spacial score (nSPS) is 11.6. The Labute approximate surface area is 233 Å². The van der Waals surface area contributed by atoms with Crippen LogP contribution < -0.4 is 19.6 Å². The number of amides is 1. The Morgan fingerprint density at radius 2 is 1.74 bits per heavy atom. The van der Waals surface area contributed by atoms with Gasteiger partial charge >= 0.3 is 5.91 Å². The molecule has 0 radical (unpaired) electrons. The molecule has 0 unspecified atom stereocenters. The fourth-order valence-corrected chi connectivity index (χ4v) is 4.20. The molecule has 1 N–H and O–H groups in total. The van der Waals surface area contributed by atoms with Crippen molar-refractivity contribution in [2.24, 2.45) is 5.10 Å². The standard InChI is InChI=1S/C30H32ClN3O5/c1-19-7-8-20(2)34(19)22-9-11-23(12-10-22)37-18-24-13-14-26(38-24)29(35)33-32-17-21-15-25(31)28(27(16-21)36-6)39-30(3,4)5/h7-17H,18H2,1-6H3,(H,33,35)/b32-17+. The predicted molar refractivity (Wildman–Crippen MR) is 152 cm³/mol. The first-order chi connectivity index (χ1) is 18.5. The highest BCUT2D eigenvalue weighted by molar-refractivity contribution is 6.32. The van der Waals surface area contributed by atoms with Crippen LogP contribution >= 0.6 is 11.6 Å². The summed E-state index contributed by atoms with van der Waals surface area (Å²) >= 11 is 6.39. The van der Waals surface area contributed by atoms with Gasteiger partial charge in [-0.15, -0.1) is 0 Å². The second-order valence-corrected chi connectivity index (χ2v) is 10.4. The van der Waals surface area contributed by atoms with Crippen molar-refractivity contribution in [3.05, 3.63) is 94.2 Å². The van der Waals surface area contributed by atoms with Gasteiger partial charge in [0.1, 0.15) is 23.7 Å². The Morgan fingerprint density at radius 3 is 2.38 bits per heavy atom. The lowest BCUT2D eigenvalue weighted by Crippen LogP contribution is -2.23. The summed E-state index contributed by atoms with van der Waals surface area (Å²) in [5.41, 5.74) is 6.03. The SMILES string of the molecule is COc1cc(/C=N/NC(=O)c2ccc(COc3ccc(-n4c(C)ccc4C)cc3)o2)cc(Cl)c1OC(C)(C)C. The Bertz CT molecular complexity index is 1460. The van der Waals surface area contributed by atoms with E-state index in [0.717, 1.165) is 5.69 Å². The van der Waals surface area contributed by atoms with E-state index in [1.165, 1.54) is 24.7 Å². The maximum absolute atomic E-state index is 12.5. The van der Waals surface area contributed by atoms with Gasteiger partial charge in [-0.2, -0.15) is 5.10 Å². The summed E-state index contributed by atoms with van der Waals surface area (Å²) in [6.45, 7) is 10.1. The number of methoxy groups -OCH3 is 1. The highest BCUT2D eigenvalue weighted by atomic mass is 35.5. The highest BCUT2D eigenvalue weighted by Gasteiger charge is 2.19. The van der Waals surface area contributed by atoms with Crippen LogP contribution in [0.5, 0.6) is 17.2 Å². The Balaban J connectivity index is 1.33. The zero-order valence-corrected chi connectivity index (χ0v) is 23.6. The number of aromatic nitrogens is 1. The summed E-state index contributed by atoms with van der Waals surface area (Å²) in [6, 6.07) is 18.7. The van der Waals surface area contributed by atoms with Crippen LogP contribution in [0, 0.1) is 13.8 Å². The van der Waals surface area contributed by atoms with E-state index in [1.54, 1.807) is 24.3 Å². The maximum Gasteiger partial charge on any atom is 0.307 e. The molecular formula is C30H32ClN3O5. The van der Waals surface area contributed by atoms with Crippen molar-refractivity contribution in [2.75, 3.05) is 7.11 Å². The van der Waals surface area contributed by atoms with Crippen LogP contribution in [0.25, 0.3) is 5.69 Å². The average molecular weight is 550 g/mol. The third-order valence-corrected chi connectivity index (χ3v) is 5.95. The van der Waals surface area contributed by atoms with Gasteiger partial charge in [-0.25, -0.2) is 5.43 Å². The molecule has 0 atom stereocenters. The van der Waals surface area contributed by atoms with E-state index in [1.807, 2.05) is 45.0 Å². The Hall–Kier alpha value is -4.17. The Morgan fingerprint density at radius 1 is 1.05 bits per heavy atom. The third-order valence-electron chi connectivity index (χ3n) is 5.67. The molecule has 0 aliphatic rings. The minimum atomic E-state index is -0.495. The molecule has 4 aromatic rings. The lowest BCUT2D eigenvalue weighted by Gasteiger charge is -2.23. The van der Waals surface area contributed by atoms with E-state index in [9.17, 15) is 4.79 Å². The van der Waals surface area contributed by atoms with Gasteiger partial charge in [0.05, 0.1) is 18.3 Å². The van der Waals surface area contributed by atoms with Crippen molar-refractivity contribution in [3.63, 3.8) is 0 Å². The van der Waals surface area contributed by atoms with E-state index in [4.69, 9.17) is 30.2 Å². The summed E-state index contributed by atoms with van der Waals surface area (Å²) < 4.78 is 24.9. The molecule has 2 aromatic carbocycles. The van der Waals surface area contributed by atoms with Gasteiger partial charge in [0.25, 0.3) is 0 Å². The van der Waals surface area contributed by atoms with Crippen LogP contribution in [0.15, 0.2) is 70.2 Å². The molecule has 0 saturated carbocycles. The second kappa shape index (κ2) is 11.7. The molecule has 39 heavy (non-hydrogen) atoms. The summed E-state index contributed by atoms with van der Waals surface area (Å²) in [7, 11) is 1.53. The number of halogens is 1. The predicted octanol–water partition coefficient (Wildman–Crippen LogP) is 6.87. The number of nitrogens with one attached hydrogen (secondary N) is 1. The van der Waals surface area contributed by atoms with Gasteiger partial charge in [-0.1, -0.05) is 11.6 Å². The summed E-state index contributed by atoms with van der Waals surface area (Å²) in [4.78, 5) is 12.5. The van der Waals surface area contributed by atoms with Crippen molar-refractivity contribution < 1.29 is 23.4 Å². The van der Waals surface area contributed by atoms with Crippen LogP contribution in [-0.4, -0.2) is 29.4 Å². The van der Waals surface area contributed by atoms with E-state index < -0.39 is 11.5 Å².